The molecule has 1 N–H and O–H groups in total. The predicted molar refractivity (Wildman–Crippen MR) is 112 cm³/mol. The predicted octanol–water partition coefficient (Wildman–Crippen LogP) is 1.63. The molecule has 1 aliphatic rings. The average Bonchev–Trinajstić information content (AvgIpc) is 2.72. The van der Waals surface area contributed by atoms with E-state index in [0.29, 0.717) is 19.6 Å². The van der Waals surface area contributed by atoms with Gasteiger partial charge in [-0.2, -0.15) is 5.10 Å². The highest BCUT2D eigenvalue weighted by molar-refractivity contribution is 14.0. The second-order valence-electron chi connectivity index (χ2n) is 6.94. The van der Waals surface area contributed by atoms with Crippen molar-refractivity contribution in [1.29, 1.82) is 0 Å². The first-order chi connectivity index (χ1) is 11.1. The fourth-order valence-electron chi connectivity index (χ4n) is 2.95. The molecular weight excluding hydrogens is 453 g/mol. The summed E-state index contributed by atoms with van der Waals surface area (Å²) in [5.41, 5.74) is 3.21. The minimum atomic E-state index is -3.06. The van der Waals surface area contributed by atoms with Crippen LogP contribution in [0.15, 0.2) is 4.99 Å². The van der Waals surface area contributed by atoms with Gasteiger partial charge in [0.2, 0.25) is 0 Å². The van der Waals surface area contributed by atoms with Crippen LogP contribution in [-0.2, 0) is 23.4 Å². The summed E-state index contributed by atoms with van der Waals surface area (Å²) in [6.45, 7) is 11.8. The van der Waals surface area contributed by atoms with Gasteiger partial charge in [0.15, 0.2) is 15.8 Å². The van der Waals surface area contributed by atoms with E-state index < -0.39 is 14.6 Å². The zero-order chi connectivity index (χ0) is 18.1. The molecule has 1 aliphatic heterocycles. The summed E-state index contributed by atoms with van der Waals surface area (Å²) in [5.74, 6) is 0.929. The molecule has 9 heteroatoms. The van der Waals surface area contributed by atoms with Crippen LogP contribution < -0.4 is 5.32 Å². The lowest BCUT2D eigenvalue weighted by atomic mass is 10.2. The third-order valence-corrected chi connectivity index (χ3v) is 7.26. The van der Waals surface area contributed by atoms with Crippen molar-refractivity contribution in [2.24, 2.45) is 12.0 Å². The van der Waals surface area contributed by atoms with Crippen LogP contribution in [0.2, 0.25) is 0 Å². The van der Waals surface area contributed by atoms with Crippen LogP contribution in [0.1, 0.15) is 37.7 Å². The van der Waals surface area contributed by atoms with Gasteiger partial charge < -0.3 is 10.2 Å². The second kappa shape index (κ2) is 8.24. The van der Waals surface area contributed by atoms with E-state index in [2.05, 4.69) is 10.4 Å². The Morgan fingerprint density at radius 1 is 1.36 bits per heavy atom. The number of hydrogen-bond donors (Lipinski definition) is 1. The van der Waals surface area contributed by atoms with Crippen LogP contribution in [0, 0.1) is 13.8 Å². The molecular formula is C16H30IN5O2S. The van der Waals surface area contributed by atoms with E-state index in [9.17, 15) is 8.42 Å². The van der Waals surface area contributed by atoms with E-state index in [1.807, 2.05) is 37.4 Å². The van der Waals surface area contributed by atoms with Crippen molar-refractivity contribution >= 4 is 39.8 Å². The van der Waals surface area contributed by atoms with Crippen molar-refractivity contribution < 1.29 is 8.42 Å². The van der Waals surface area contributed by atoms with Crippen molar-refractivity contribution in [3.8, 4) is 0 Å². The van der Waals surface area contributed by atoms with Gasteiger partial charge in [-0.15, -0.1) is 24.0 Å². The maximum atomic E-state index is 12.2. The Balaban J connectivity index is 0.00000312. The highest BCUT2D eigenvalue weighted by atomic mass is 127. The number of hydrogen-bond acceptors (Lipinski definition) is 4. The van der Waals surface area contributed by atoms with Crippen LogP contribution in [0.25, 0.3) is 0 Å². The molecule has 0 aromatic carbocycles. The summed E-state index contributed by atoms with van der Waals surface area (Å²) in [4.78, 5) is 6.79. The molecule has 0 spiro atoms. The van der Waals surface area contributed by atoms with Gasteiger partial charge in [0.1, 0.15) is 0 Å². The first-order valence-corrected chi connectivity index (χ1v) is 9.99. The van der Waals surface area contributed by atoms with Crippen LogP contribution in [0.3, 0.4) is 0 Å². The van der Waals surface area contributed by atoms with Crippen LogP contribution >= 0.6 is 24.0 Å². The Hall–Kier alpha value is -0.840. The third-order valence-electron chi connectivity index (χ3n) is 4.72. The molecule has 0 radical (unpaired) electrons. The molecule has 2 rings (SSSR count). The normalized spacial score (nSPS) is 19.4. The Kier molecular flexibility index (Phi) is 7.31. The SMILES string of the molecule is CCNC(=NCc1c(C)nn(C)c1C)N1CCS(=O)(=O)C(C)(C)C1.I. The lowest BCUT2D eigenvalue weighted by Gasteiger charge is -2.39. The number of rotatable bonds is 3. The van der Waals surface area contributed by atoms with E-state index >= 15 is 0 Å². The molecule has 1 aromatic heterocycles. The van der Waals surface area contributed by atoms with Gasteiger partial charge in [-0.3, -0.25) is 4.68 Å². The molecule has 0 unspecified atom stereocenters. The maximum absolute atomic E-state index is 12.2. The van der Waals surface area contributed by atoms with E-state index in [-0.39, 0.29) is 29.7 Å². The smallest absolute Gasteiger partial charge is 0.194 e. The molecule has 1 aromatic rings. The Labute approximate surface area is 168 Å². The second-order valence-corrected chi connectivity index (χ2v) is 9.69. The van der Waals surface area contributed by atoms with Gasteiger partial charge in [0.25, 0.3) is 0 Å². The summed E-state index contributed by atoms with van der Waals surface area (Å²) < 4.78 is 25.5. The van der Waals surface area contributed by atoms with Crippen molar-refractivity contribution in [3.63, 3.8) is 0 Å². The zero-order valence-corrected chi connectivity index (χ0v) is 19.1. The number of halogens is 1. The van der Waals surface area contributed by atoms with Crippen molar-refractivity contribution in [3.05, 3.63) is 17.0 Å². The van der Waals surface area contributed by atoms with E-state index in [0.717, 1.165) is 29.5 Å². The molecule has 0 amide bonds. The fourth-order valence-corrected chi connectivity index (χ4v) is 4.32. The van der Waals surface area contributed by atoms with Crippen LogP contribution in [-0.4, -0.2) is 59.2 Å². The highest BCUT2D eigenvalue weighted by Crippen LogP contribution is 2.24. The minimum absolute atomic E-state index is 0. The number of nitrogens with zero attached hydrogens (tertiary/aromatic N) is 4. The molecule has 0 saturated carbocycles. The quantitative estimate of drug-likeness (QED) is 0.402. The summed E-state index contributed by atoms with van der Waals surface area (Å²) in [5, 5.41) is 7.71. The van der Waals surface area contributed by atoms with Gasteiger partial charge in [0, 0.05) is 37.9 Å². The molecule has 0 bridgehead atoms. The number of aliphatic imine (C=N–C) groups is 1. The summed E-state index contributed by atoms with van der Waals surface area (Å²) in [7, 11) is -1.13. The maximum Gasteiger partial charge on any atom is 0.194 e. The van der Waals surface area contributed by atoms with Gasteiger partial charge >= 0.3 is 0 Å². The monoisotopic (exact) mass is 483 g/mol. The van der Waals surface area contributed by atoms with E-state index in [1.54, 1.807) is 13.8 Å². The zero-order valence-electron chi connectivity index (χ0n) is 16.0. The molecule has 2 heterocycles. The summed E-state index contributed by atoms with van der Waals surface area (Å²) in [6.07, 6.45) is 0. The van der Waals surface area contributed by atoms with Crippen molar-refractivity contribution in [2.45, 2.75) is 45.9 Å². The Bertz CT molecular complexity index is 740. The van der Waals surface area contributed by atoms with Gasteiger partial charge in [-0.25, -0.2) is 13.4 Å². The molecule has 144 valence electrons. The lowest BCUT2D eigenvalue weighted by molar-refractivity contribution is 0.353. The molecule has 1 fully saturated rings. The molecule has 7 nitrogen and oxygen atoms in total. The third kappa shape index (κ3) is 4.66. The molecule has 0 atom stereocenters. The van der Waals surface area contributed by atoms with Gasteiger partial charge in [-0.1, -0.05) is 0 Å². The summed E-state index contributed by atoms with van der Waals surface area (Å²) in [6, 6.07) is 0. The van der Waals surface area contributed by atoms with Gasteiger partial charge in [0.05, 0.1) is 22.7 Å². The Morgan fingerprint density at radius 3 is 2.48 bits per heavy atom. The fraction of sp³-hybridized carbons (Fsp3) is 0.750. The molecule has 0 aliphatic carbocycles. The number of nitrogens with one attached hydrogen (secondary N) is 1. The van der Waals surface area contributed by atoms with E-state index in [1.165, 1.54) is 0 Å². The molecule has 25 heavy (non-hydrogen) atoms. The van der Waals surface area contributed by atoms with Crippen molar-refractivity contribution in [2.75, 3.05) is 25.4 Å². The first kappa shape index (κ1) is 22.2. The highest BCUT2D eigenvalue weighted by Gasteiger charge is 2.40. The first-order valence-electron chi connectivity index (χ1n) is 8.33. The largest absolute Gasteiger partial charge is 0.357 e. The van der Waals surface area contributed by atoms with Crippen molar-refractivity contribution in [1.82, 2.24) is 20.0 Å². The number of sulfone groups is 1. The summed E-state index contributed by atoms with van der Waals surface area (Å²) >= 11 is 0. The average molecular weight is 483 g/mol. The van der Waals surface area contributed by atoms with Crippen LogP contribution in [0.4, 0.5) is 0 Å². The van der Waals surface area contributed by atoms with Gasteiger partial charge in [-0.05, 0) is 34.6 Å². The number of aromatic nitrogens is 2. The Morgan fingerprint density at radius 2 is 2.00 bits per heavy atom. The van der Waals surface area contributed by atoms with Crippen LogP contribution in [0.5, 0.6) is 0 Å². The molecule has 1 saturated heterocycles. The van der Waals surface area contributed by atoms with E-state index in [4.69, 9.17) is 4.99 Å². The topological polar surface area (TPSA) is 79.6 Å². The number of aryl methyl sites for hydroxylation is 2. The minimum Gasteiger partial charge on any atom is -0.357 e. The number of guanidine groups is 1. The lowest BCUT2D eigenvalue weighted by Crippen LogP contribution is -2.57. The standard InChI is InChI=1S/C16H29N5O2S.HI/c1-7-17-15(18-10-14-12(2)19-20(6)13(14)3)21-8-9-24(22,23)16(4,5)11-21;/h7-11H2,1-6H3,(H,17,18);1H.